The standard InChI is InChI=1S/C12H6BrN3O2/c13-11-9(5-14)16-18-12(11)6-1-2-8-7(3-6)4-10(17)15-8/h1-3H,4H2,(H,15,17). The maximum Gasteiger partial charge on any atom is 0.228 e. The largest absolute Gasteiger partial charge is 0.354 e. The van der Waals surface area contributed by atoms with Crippen LogP contribution in [0.25, 0.3) is 11.3 Å². The lowest BCUT2D eigenvalue weighted by Crippen LogP contribution is -2.03. The Morgan fingerprint density at radius 3 is 3.06 bits per heavy atom. The molecule has 1 aromatic carbocycles. The molecule has 88 valence electrons. The first-order chi connectivity index (χ1) is 8.69. The van der Waals surface area contributed by atoms with E-state index in [4.69, 9.17) is 9.78 Å². The molecule has 5 nitrogen and oxygen atoms in total. The van der Waals surface area contributed by atoms with Gasteiger partial charge in [-0.15, -0.1) is 0 Å². The third kappa shape index (κ3) is 1.60. The number of benzene rings is 1. The summed E-state index contributed by atoms with van der Waals surface area (Å²) in [4.78, 5) is 11.3. The van der Waals surface area contributed by atoms with Gasteiger partial charge in [0.2, 0.25) is 5.91 Å². The molecule has 18 heavy (non-hydrogen) atoms. The molecule has 1 amide bonds. The first-order valence-corrected chi connectivity index (χ1v) is 5.97. The van der Waals surface area contributed by atoms with Crippen LogP contribution in [0.2, 0.25) is 0 Å². The van der Waals surface area contributed by atoms with E-state index in [2.05, 4.69) is 26.4 Å². The van der Waals surface area contributed by atoms with Gasteiger partial charge in [0, 0.05) is 11.3 Å². The van der Waals surface area contributed by atoms with E-state index in [1.165, 1.54) is 0 Å². The van der Waals surface area contributed by atoms with Gasteiger partial charge in [0.15, 0.2) is 11.5 Å². The second-order valence-corrected chi connectivity index (χ2v) is 4.68. The lowest BCUT2D eigenvalue weighted by molar-refractivity contribution is -0.115. The monoisotopic (exact) mass is 303 g/mol. The van der Waals surface area contributed by atoms with E-state index >= 15 is 0 Å². The van der Waals surface area contributed by atoms with Gasteiger partial charge >= 0.3 is 0 Å². The molecular formula is C12H6BrN3O2. The van der Waals surface area contributed by atoms with Crippen molar-refractivity contribution in [3.63, 3.8) is 0 Å². The number of rotatable bonds is 1. The van der Waals surface area contributed by atoms with Crippen LogP contribution in [0.1, 0.15) is 11.3 Å². The number of carbonyl (C=O) groups excluding carboxylic acids is 1. The van der Waals surface area contributed by atoms with E-state index in [9.17, 15) is 4.79 Å². The molecule has 2 heterocycles. The fourth-order valence-corrected chi connectivity index (χ4v) is 2.36. The third-order valence-electron chi connectivity index (χ3n) is 2.73. The summed E-state index contributed by atoms with van der Waals surface area (Å²) in [6.07, 6.45) is 0.361. The summed E-state index contributed by atoms with van der Waals surface area (Å²) in [5.74, 6) is 0.477. The molecule has 2 aromatic rings. The highest BCUT2D eigenvalue weighted by Gasteiger charge is 2.20. The van der Waals surface area contributed by atoms with E-state index in [-0.39, 0.29) is 11.6 Å². The summed E-state index contributed by atoms with van der Waals surface area (Å²) in [5, 5.41) is 15.2. The maximum atomic E-state index is 11.3. The fourth-order valence-electron chi connectivity index (χ4n) is 1.90. The second-order valence-electron chi connectivity index (χ2n) is 3.88. The van der Waals surface area contributed by atoms with Crippen LogP contribution in [0, 0.1) is 11.3 Å². The number of hydrogen-bond acceptors (Lipinski definition) is 4. The average Bonchev–Trinajstić information content (AvgIpc) is 2.89. The highest BCUT2D eigenvalue weighted by atomic mass is 79.9. The van der Waals surface area contributed by atoms with Crippen molar-refractivity contribution < 1.29 is 9.32 Å². The lowest BCUT2D eigenvalue weighted by atomic mass is 10.1. The Bertz CT molecular complexity index is 700. The highest BCUT2D eigenvalue weighted by Crippen LogP contribution is 2.34. The zero-order chi connectivity index (χ0) is 12.7. The molecule has 0 spiro atoms. The van der Waals surface area contributed by atoms with Crippen LogP contribution in [-0.4, -0.2) is 11.1 Å². The molecule has 1 aliphatic rings. The van der Waals surface area contributed by atoms with Crippen LogP contribution in [0.3, 0.4) is 0 Å². The van der Waals surface area contributed by atoms with E-state index in [1.54, 1.807) is 0 Å². The van der Waals surface area contributed by atoms with Crippen molar-refractivity contribution in [3.8, 4) is 17.4 Å². The number of nitrogens with zero attached hydrogens (tertiary/aromatic N) is 2. The Kier molecular flexibility index (Phi) is 2.42. The van der Waals surface area contributed by atoms with Gasteiger partial charge < -0.3 is 9.84 Å². The van der Waals surface area contributed by atoms with Gasteiger partial charge in [-0.05, 0) is 39.7 Å². The normalized spacial score (nSPS) is 13.0. The van der Waals surface area contributed by atoms with Crippen LogP contribution < -0.4 is 5.32 Å². The second kappa shape index (κ2) is 3.96. The third-order valence-corrected chi connectivity index (χ3v) is 3.47. The van der Waals surface area contributed by atoms with E-state index in [1.807, 2.05) is 24.3 Å². The lowest BCUT2D eigenvalue weighted by Gasteiger charge is -2.01. The van der Waals surface area contributed by atoms with Crippen molar-refractivity contribution >= 4 is 27.5 Å². The molecule has 0 saturated heterocycles. The predicted molar refractivity (Wildman–Crippen MR) is 66.7 cm³/mol. The summed E-state index contributed by atoms with van der Waals surface area (Å²) < 4.78 is 5.66. The fraction of sp³-hybridized carbons (Fsp3) is 0.0833. The molecule has 0 fully saturated rings. The molecule has 3 rings (SSSR count). The van der Waals surface area contributed by atoms with Crippen LogP contribution in [0.4, 0.5) is 5.69 Å². The van der Waals surface area contributed by atoms with E-state index < -0.39 is 0 Å². The Morgan fingerprint density at radius 2 is 2.33 bits per heavy atom. The van der Waals surface area contributed by atoms with Gasteiger partial charge in [-0.3, -0.25) is 4.79 Å². The van der Waals surface area contributed by atoms with Crippen LogP contribution >= 0.6 is 15.9 Å². The molecule has 0 unspecified atom stereocenters. The smallest absolute Gasteiger partial charge is 0.228 e. The zero-order valence-corrected chi connectivity index (χ0v) is 10.6. The zero-order valence-electron chi connectivity index (χ0n) is 9.03. The number of nitriles is 1. The van der Waals surface area contributed by atoms with Crippen molar-refractivity contribution in [3.05, 3.63) is 33.9 Å². The minimum Gasteiger partial charge on any atom is -0.354 e. The molecule has 6 heteroatoms. The number of hydrogen-bond donors (Lipinski definition) is 1. The number of amides is 1. The summed E-state index contributed by atoms with van der Waals surface area (Å²) in [5.41, 5.74) is 2.73. The molecule has 0 saturated carbocycles. The van der Waals surface area contributed by atoms with E-state index in [0.717, 1.165) is 16.8 Å². The van der Waals surface area contributed by atoms with Crippen LogP contribution in [0.15, 0.2) is 27.2 Å². The number of fused-ring (bicyclic) bond motifs is 1. The van der Waals surface area contributed by atoms with Gasteiger partial charge in [0.05, 0.1) is 6.42 Å². The average molecular weight is 304 g/mol. The predicted octanol–water partition coefficient (Wildman–Crippen LogP) is 2.47. The van der Waals surface area contributed by atoms with Gasteiger partial charge in [0.1, 0.15) is 10.5 Å². The molecule has 1 aromatic heterocycles. The molecule has 0 aliphatic carbocycles. The minimum atomic E-state index is -0.0171. The molecule has 1 aliphatic heterocycles. The topological polar surface area (TPSA) is 78.9 Å². The first kappa shape index (κ1) is 11.0. The Morgan fingerprint density at radius 1 is 1.50 bits per heavy atom. The highest BCUT2D eigenvalue weighted by molar-refractivity contribution is 9.10. The van der Waals surface area contributed by atoms with Gasteiger partial charge in [-0.2, -0.15) is 5.26 Å². The SMILES string of the molecule is N#Cc1noc(-c2ccc3c(c2)CC(=O)N3)c1Br. The van der Waals surface area contributed by atoms with Gasteiger partial charge in [-0.25, -0.2) is 0 Å². The van der Waals surface area contributed by atoms with Gasteiger partial charge in [0.25, 0.3) is 0 Å². The minimum absolute atomic E-state index is 0.0171. The number of nitrogens with one attached hydrogen (secondary N) is 1. The van der Waals surface area contributed by atoms with Crippen LogP contribution in [-0.2, 0) is 11.2 Å². The van der Waals surface area contributed by atoms with Crippen molar-refractivity contribution in [2.45, 2.75) is 6.42 Å². The number of halogens is 1. The molecule has 0 atom stereocenters. The first-order valence-electron chi connectivity index (χ1n) is 5.17. The van der Waals surface area contributed by atoms with Crippen molar-refractivity contribution in [2.24, 2.45) is 0 Å². The Hall–Kier alpha value is -2.13. The molecular weight excluding hydrogens is 298 g/mol. The number of anilines is 1. The Balaban J connectivity index is 2.09. The molecule has 1 N–H and O–H groups in total. The molecule has 0 radical (unpaired) electrons. The van der Waals surface area contributed by atoms with E-state index in [0.29, 0.717) is 16.7 Å². The maximum absolute atomic E-state index is 11.3. The molecule has 0 bridgehead atoms. The van der Waals surface area contributed by atoms with Crippen molar-refractivity contribution in [1.82, 2.24) is 5.16 Å². The van der Waals surface area contributed by atoms with Crippen LogP contribution in [0.5, 0.6) is 0 Å². The Labute approximate surface area is 111 Å². The van der Waals surface area contributed by atoms with Crippen molar-refractivity contribution in [2.75, 3.05) is 5.32 Å². The summed E-state index contributed by atoms with van der Waals surface area (Å²) in [6.45, 7) is 0. The number of aromatic nitrogens is 1. The quantitative estimate of drug-likeness (QED) is 0.877. The summed E-state index contributed by atoms with van der Waals surface area (Å²) >= 11 is 3.28. The summed E-state index contributed by atoms with van der Waals surface area (Å²) in [7, 11) is 0. The van der Waals surface area contributed by atoms with Crippen molar-refractivity contribution in [1.29, 1.82) is 5.26 Å². The van der Waals surface area contributed by atoms with Gasteiger partial charge in [-0.1, -0.05) is 5.16 Å². The summed E-state index contributed by atoms with van der Waals surface area (Å²) in [6, 6.07) is 7.42. The number of carbonyl (C=O) groups is 1.